The van der Waals surface area contributed by atoms with Gasteiger partial charge in [0.25, 0.3) is 0 Å². The van der Waals surface area contributed by atoms with Crippen LogP contribution < -0.4 is 10.6 Å². The standard InChI is InChI=1S/C9H15N3O2/c13-8-6-11-9(14)12(8)4-2-7-1-3-10-5-7/h7,10H,1-6H2,(H,11,14). The van der Waals surface area contributed by atoms with Crippen LogP contribution in [0, 0.1) is 5.92 Å². The van der Waals surface area contributed by atoms with Gasteiger partial charge in [-0.2, -0.15) is 0 Å². The molecule has 2 aliphatic heterocycles. The number of rotatable bonds is 3. The van der Waals surface area contributed by atoms with Gasteiger partial charge in [-0.25, -0.2) is 4.79 Å². The molecule has 0 aromatic rings. The maximum Gasteiger partial charge on any atom is 0.324 e. The maximum absolute atomic E-state index is 11.2. The van der Waals surface area contributed by atoms with Gasteiger partial charge in [0, 0.05) is 6.54 Å². The molecule has 2 fully saturated rings. The molecule has 0 aliphatic carbocycles. The Balaban J connectivity index is 1.78. The van der Waals surface area contributed by atoms with E-state index in [1.54, 1.807) is 0 Å². The number of amides is 3. The summed E-state index contributed by atoms with van der Waals surface area (Å²) in [5, 5.41) is 5.78. The lowest BCUT2D eigenvalue weighted by atomic mass is 10.1. The molecule has 5 heteroatoms. The van der Waals surface area contributed by atoms with Crippen LogP contribution in [-0.4, -0.2) is 43.0 Å². The third-order valence-corrected chi connectivity index (χ3v) is 2.86. The highest BCUT2D eigenvalue weighted by molar-refractivity contribution is 6.01. The Hall–Kier alpha value is -1.10. The fraction of sp³-hybridized carbons (Fsp3) is 0.778. The SMILES string of the molecule is O=C1CNC(=O)N1CCC1CCNC1. The monoisotopic (exact) mass is 197 g/mol. The van der Waals surface area contributed by atoms with Gasteiger partial charge in [-0.3, -0.25) is 9.69 Å². The lowest BCUT2D eigenvalue weighted by Gasteiger charge is -2.14. The summed E-state index contributed by atoms with van der Waals surface area (Å²) >= 11 is 0. The number of carbonyl (C=O) groups excluding carboxylic acids is 2. The predicted molar refractivity (Wildman–Crippen MR) is 50.7 cm³/mol. The molecule has 0 aromatic carbocycles. The van der Waals surface area contributed by atoms with Gasteiger partial charge in [-0.1, -0.05) is 0 Å². The topological polar surface area (TPSA) is 61.4 Å². The highest BCUT2D eigenvalue weighted by atomic mass is 16.2. The Morgan fingerprint density at radius 2 is 2.29 bits per heavy atom. The van der Waals surface area contributed by atoms with Crippen LogP contribution >= 0.6 is 0 Å². The van der Waals surface area contributed by atoms with Crippen molar-refractivity contribution in [3.63, 3.8) is 0 Å². The molecule has 1 unspecified atom stereocenters. The fourth-order valence-corrected chi connectivity index (χ4v) is 1.95. The van der Waals surface area contributed by atoms with Crippen LogP contribution in [0.15, 0.2) is 0 Å². The quantitative estimate of drug-likeness (QED) is 0.602. The Bertz CT molecular complexity index is 232. The van der Waals surface area contributed by atoms with Gasteiger partial charge in [-0.05, 0) is 31.8 Å². The van der Waals surface area contributed by atoms with E-state index in [9.17, 15) is 9.59 Å². The average molecular weight is 197 g/mol. The minimum absolute atomic E-state index is 0.0963. The molecule has 2 aliphatic rings. The molecule has 1 atom stereocenters. The Kier molecular flexibility index (Phi) is 2.67. The summed E-state index contributed by atoms with van der Waals surface area (Å²) in [6.07, 6.45) is 2.08. The van der Waals surface area contributed by atoms with Gasteiger partial charge in [0.05, 0.1) is 6.54 Å². The van der Waals surface area contributed by atoms with E-state index in [4.69, 9.17) is 0 Å². The largest absolute Gasteiger partial charge is 0.329 e. The molecule has 0 aromatic heterocycles. The molecule has 0 radical (unpaired) electrons. The van der Waals surface area contributed by atoms with E-state index in [0.717, 1.165) is 25.9 Å². The van der Waals surface area contributed by atoms with Crippen molar-refractivity contribution < 1.29 is 9.59 Å². The first kappa shape index (κ1) is 9.45. The van der Waals surface area contributed by atoms with Crippen molar-refractivity contribution in [2.24, 2.45) is 5.92 Å². The molecule has 2 N–H and O–H groups in total. The van der Waals surface area contributed by atoms with Crippen molar-refractivity contribution in [3.8, 4) is 0 Å². The molecule has 0 saturated carbocycles. The van der Waals surface area contributed by atoms with E-state index in [-0.39, 0.29) is 18.5 Å². The van der Waals surface area contributed by atoms with Gasteiger partial charge in [-0.15, -0.1) is 0 Å². The molecule has 78 valence electrons. The predicted octanol–water partition coefficient (Wildman–Crippen LogP) is -0.462. The summed E-state index contributed by atoms with van der Waals surface area (Å²) in [7, 11) is 0. The minimum atomic E-state index is -0.235. The zero-order chi connectivity index (χ0) is 9.97. The van der Waals surface area contributed by atoms with E-state index < -0.39 is 0 Å². The number of hydrogen-bond acceptors (Lipinski definition) is 3. The van der Waals surface area contributed by atoms with Crippen molar-refractivity contribution in [3.05, 3.63) is 0 Å². The second kappa shape index (κ2) is 3.96. The van der Waals surface area contributed by atoms with Crippen LogP contribution in [0.3, 0.4) is 0 Å². The molecular weight excluding hydrogens is 182 g/mol. The van der Waals surface area contributed by atoms with Crippen LogP contribution in [0.2, 0.25) is 0 Å². The zero-order valence-corrected chi connectivity index (χ0v) is 8.08. The first-order valence-corrected chi connectivity index (χ1v) is 5.06. The number of urea groups is 1. The van der Waals surface area contributed by atoms with E-state index in [0.29, 0.717) is 12.5 Å². The van der Waals surface area contributed by atoms with Crippen LogP contribution in [0.1, 0.15) is 12.8 Å². The lowest BCUT2D eigenvalue weighted by Crippen LogP contribution is -2.33. The van der Waals surface area contributed by atoms with E-state index in [2.05, 4.69) is 10.6 Å². The lowest BCUT2D eigenvalue weighted by molar-refractivity contribution is -0.125. The molecule has 5 nitrogen and oxygen atoms in total. The average Bonchev–Trinajstić information content (AvgIpc) is 2.76. The van der Waals surface area contributed by atoms with Gasteiger partial charge in [0.2, 0.25) is 5.91 Å². The minimum Gasteiger partial charge on any atom is -0.329 e. The molecule has 0 spiro atoms. The van der Waals surface area contributed by atoms with E-state index in [1.165, 1.54) is 4.90 Å². The summed E-state index contributed by atoms with van der Waals surface area (Å²) in [5.41, 5.74) is 0. The molecule has 2 heterocycles. The third-order valence-electron chi connectivity index (χ3n) is 2.86. The summed E-state index contributed by atoms with van der Waals surface area (Å²) in [4.78, 5) is 23.7. The van der Waals surface area contributed by atoms with Crippen molar-refractivity contribution >= 4 is 11.9 Å². The Morgan fingerprint density at radius 1 is 1.43 bits per heavy atom. The summed E-state index contributed by atoms with van der Waals surface area (Å²) in [6, 6.07) is -0.235. The first-order chi connectivity index (χ1) is 6.77. The summed E-state index contributed by atoms with van der Waals surface area (Å²) < 4.78 is 0. The van der Waals surface area contributed by atoms with Crippen molar-refractivity contribution in [2.75, 3.05) is 26.2 Å². The molecule has 2 saturated heterocycles. The smallest absolute Gasteiger partial charge is 0.324 e. The Labute approximate surface area is 82.8 Å². The maximum atomic E-state index is 11.2. The molecule has 2 rings (SSSR count). The van der Waals surface area contributed by atoms with Gasteiger partial charge < -0.3 is 10.6 Å². The second-order valence-electron chi connectivity index (χ2n) is 3.85. The zero-order valence-electron chi connectivity index (χ0n) is 8.08. The summed E-state index contributed by atoms with van der Waals surface area (Å²) in [6.45, 7) is 2.81. The van der Waals surface area contributed by atoms with Crippen molar-refractivity contribution in [2.45, 2.75) is 12.8 Å². The molecule has 3 amide bonds. The number of carbonyl (C=O) groups is 2. The van der Waals surface area contributed by atoms with Crippen molar-refractivity contribution in [1.29, 1.82) is 0 Å². The second-order valence-corrected chi connectivity index (χ2v) is 3.85. The van der Waals surface area contributed by atoms with Crippen LogP contribution in [0.4, 0.5) is 4.79 Å². The molecular formula is C9H15N3O2. The summed E-state index contributed by atoms with van der Waals surface area (Å²) in [5.74, 6) is 0.525. The molecule has 14 heavy (non-hydrogen) atoms. The highest BCUT2D eigenvalue weighted by Gasteiger charge is 2.28. The number of hydrogen-bond donors (Lipinski definition) is 2. The Morgan fingerprint density at radius 3 is 2.86 bits per heavy atom. The highest BCUT2D eigenvalue weighted by Crippen LogP contribution is 2.13. The van der Waals surface area contributed by atoms with Gasteiger partial charge in [0.15, 0.2) is 0 Å². The van der Waals surface area contributed by atoms with Gasteiger partial charge >= 0.3 is 6.03 Å². The van der Waals surface area contributed by atoms with E-state index in [1.807, 2.05) is 0 Å². The van der Waals surface area contributed by atoms with Crippen molar-refractivity contribution in [1.82, 2.24) is 15.5 Å². The van der Waals surface area contributed by atoms with Crippen LogP contribution in [0.25, 0.3) is 0 Å². The number of nitrogens with zero attached hydrogens (tertiary/aromatic N) is 1. The molecule has 0 bridgehead atoms. The third kappa shape index (κ3) is 1.87. The normalized spacial score (nSPS) is 27.1. The number of nitrogens with one attached hydrogen (secondary N) is 2. The van der Waals surface area contributed by atoms with Crippen LogP contribution in [0.5, 0.6) is 0 Å². The number of imide groups is 1. The van der Waals surface area contributed by atoms with E-state index >= 15 is 0 Å². The fourth-order valence-electron chi connectivity index (χ4n) is 1.95. The van der Waals surface area contributed by atoms with Crippen LogP contribution in [-0.2, 0) is 4.79 Å². The first-order valence-electron chi connectivity index (χ1n) is 5.06. The van der Waals surface area contributed by atoms with Gasteiger partial charge in [0.1, 0.15) is 0 Å².